The summed E-state index contributed by atoms with van der Waals surface area (Å²) in [5, 5.41) is 0. The number of hydrogen-bond donors (Lipinski definition) is 1. The van der Waals surface area contributed by atoms with E-state index in [1.54, 1.807) is 13.8 Å². The van der Waals surface area contributed by atoms with Gasteiger partial charge < -0.3 is 5.73 Å². The van der Waals surface area contributed by atoms with Crippen molar-refractivity contribution in [1.82, 2.24) is 0 Å². The Morgan fingerprint density at radius 1 is 1.30 bits per heavy atom. The molecule has 0 saturated carbocycles. The van der Waals surface area contributed by atoms with Gasteiger partial charge in [0, 0.05) is 11.1 Å². The van der Waals surface area contributed by atoms with Gasteiger partial charge in [-0.1, -0.05) is 13.8 Å². The number of rotatable bonds is 2. The van der Waals surface area contributed by atoms with Crippen LogP contribution in [0.25, 0.3) is 0 Å². The average Bonchev–Trinajstić information content (AvgIpc) is 2.27. The fraction of sp³-hybridized carbons (Fsp3) is 0.455. The number of hydrogen-bond acceptors (Lipinski definition) is 4. The molecule has 0 bridgehead atoms. The molecule has 112 valence electrons. The molecule has 1 aliphatic rings. The number of nitrogens with two attached hydrogens (primary N) is 1. The Kier molecular flexibility index (Phi) is 4.14. The largest absolute Gasteiger partial charge is 0.518 e. The van der Waals surface area contributed by atoms with Crippen LogP contribution in [0, 0.1) is 5.92 Å². The number of Topliss-reactive ketones (excluding diaryl/α,β-unsaturated/α-hetero) is 1. The van der Waals surface area contributed by atoms with Crippen LogP contribution in [0.5, 0.6) is 0 Å². The van der Waals surface area contributed by atoms with E-state index in [1.807, 2.05) is 0 Å². The monoisotopic (exact) mass is 310 g/mol. The Morgan fingerprint density at radius 2 is 1.80 bits per heavy atom. The molecular formula is C11H13F3N2O3S. The Balaban J connectivity index is 3.48. The highest BCUT2D eigenvalue weighted by Gasteiger charge is 2.46. The number of nitrogens with zero attached hydrogens (tertiary/aromatic N) is 1. The first kappa shape index (κ1) is 16.4. The lowest BCUT2D eigenvalue weighted by Gasteiger charge is -2.18. The van der Waals surface area contributed by atoms with Crippen LogP contribution in [0.2, 0.25) is 0 Å². The fourth-order valence-electron chi connectivity index (χ4n) is 1.49. The number of sulfonamides is 1. The zero-order valence-corrected chi connectivity index (χ0v) is 11.8. The molecular weight excluding hydrogens is 297 g/mol. The first-order valence-electron chi connectivity index (χ1n) is 5.52. The maximum absolute atomic E-state index is 12.3. The first-order chi connectivity index (χ1) is 8.88. The molecule has 0 radical (unpaired) electrons. The van der Waals surface area contributed by atoms with Gasteiger partial charge in [-0.3, -0.25) is 4.79 Å². The van der Waals surface area contributed by atoms with E-state index in [-0.39, 0.29) is 22.8 Å². The minimum Gasteiger partial charge on any atom is -0.395 e. The normalized spacial score (nSPS) is 19.9. The Morgan fingerprint density at radius 3 is 2.20 bits per heavy atom. The standard InChI is InChI=1S/C11H13F3N2O3S/c1-5(2)7-4-8(6(3)9(15)10(7)17)16-20(18,19)11(12,13)14/h4-5H,15H2,1-3H3. The molecule has 0 aromatic heterocycles. The van der Waals surface area contributed by atoms with Gasteiger partial charge in [-0.2, -0.15) is 26.0 Å². The SMILES string of the molecule is CC1=C(N)C(=O)C(C(C)C)=CC1=NS(=O)(=O)C(F)(F)F. The van der Waals surface area contributed by atoms with Crippen LogP contribution >= 0.6 is 0 Å². The zero-order valence-electron chi connectivity index (χ0n) is 10.9. The Bertz CT molecular complexity index is 640. The number of alkyl halides is 3. The maximum Gasteiger partial charge on any atom is 0.518 e. The van der Waals surface area contributed by atoms with Gasteiger partial charge in [0.25, 0.3) is 0 Å². The summed E-state index contributed by atoms with van der Waals surface area (Å²) in [6, 6.07) is 0. The molecule has 0 amide bonds. The van der Waals surface area contributed by atoms with Gasteiger partial charge in [0.15, 0.2) is 0 Å². The van der Waals surface area contributed by atoms with E-state index in [0.29, 0.717) is 0 Å². The van der Waals surface area contributed by atoms with Crippen molar-refractivity contribution in [2.45, 2.75) is 26.3 Å². The van der Waals surface area contributed by atoms with E-state index < -0.39 is 27.0 Å². The lowest BCUT2D eigenvalue weighted by Crippen LogP contribution is -2.28. The van der Waals surface area contributed by atoms with Gasteiger partial charge in [-0.05, 0) is 18.9 Å². The first-order valence-corrected chi connectivity index (χ1v) is 6.96. The lowest BCUT2D eigenvalue weighted by molar-refractivity contribution is -0.112. The van der Waals surface area contributed by atoms with Gasteiger partial charge in [-0.15, -0.1) is 0 Å². The second-order valence-corrected chi connectivity index (χ2v) is 6.12. The summed E-state index contributed by atoms with van der Waals surface area (Å²) in [5.41, 5.74) is -0.741. The van der Waals surface area contributed by atoms with Crippen LogP contribution in [0.15, 0.2) is 27.3 Å². The number of halogens is 3. The van der Waals surface area contributed by atoms with Crippen LogP contribution in [0.3, 0.4) is 0 Å². The fourth-order valence-corrected chi connectivity index (χ4v) is 2.04. The summed E-state index contributed by atoms with van der Waals surface area (Å²) in [7, 11) is -5.68. The molecule has 2 N–H and O–H groups in total. The summed E-state index contributed by atoms with van der Waals surface area (Å²) in [6.45, 7) is 4.51. The highest BCUT2D eigenvalue weighted by Crippen LogP contribution is 2.28. The van der Waals surface area contributed by atoms with Crippen LogP contribution in [-0.2, 0) is 14.8 Å². The predicted molar refractivity (Wildman–Crippen MR) is 67.2 cm³/mol. The molecule has 20 heavy (non-hydrogen) atoms. The quantitative estimate of drug-likeness (QED) is 0.786. The van der Waals surface area contributed by atoms with Gasteiger partial charge >= 0.3 is 15.5 Å². The van der Waals surface area contributed by atoms with Gasteiger partial charge in [-0.25, -0.2) is 0 Å². The molecule has 0 unspecified atom stereocenters. The van der Waals surface area contributed by atoms with Crippen molar-refractivity contribution in [1.29, 1.82) is 0 Å². The van der Waals surface area contributed by atoms with Crippen LogP contribution in [0.4, 0.5) is 13.2 Å². The molecule has 0 fully saturated rings. The lowest BCUT2D eigenvalue weighted by atomic mass is 9.88. The maximum atomic E-state index is 12.3. The third-order valence-corrected chi connectivity index (χ3v) is 3.74. The Hall–Kier alpha value is -1.64. The minimum absolute atomic E-state index is 0.0905. The van der Waals surface area contributed by atoms with Crippen molar-refractivity contribution in [2.24, 2.45) is 16.0 Å². The highest BCUT2D eigenvalue weighted by molar-refractivity contribution is 7.91. The zero-order chi connectivity index (χ0) is 15.9. The Labute approximate surface area is 114 Å². The summed E-state index contributed by atoms with van der Waals surface area (Å²) < 4.78 is 61.8. The summed E-state index contributed by atoms with van der Waals surface area (Å²) in [5.74, 6) is -0.853. The van der Waals surface area contributed by atoms with E-state index in [0.717, 1.165) is 6.08 Å². The van der Waals surface area contributed by atoms with Crippen LogP contribution in [-0.4, -0.2) is 25.4 Å². The smallest absolute Gasteiger partial charge is 0.395 e. The third-order valence-electron chi connectivity index (χ3n) is 2.72. The molecule has 1 aliphatic carbocycles. The molecule has 0 aromatic rings. The molecule has 5 nitrogen and oxygen atoms in total. The molecule has 0 aromatic carbocycles. The van der Waals surface area contributed by atoms with Crippen molar-refractivity contribution in [3.63, 3.8) is 0 Å². The topological polar surface area (TPSA) is 89.6 Å². The number of ketones is 1. The van der Waals surface area contributed by atoms with Gasteiger partial charge in [0.2, 0.25) is 5.78 Å². The van der Waals surface area contributed by atoms with E-state index in [4.69, 9.17) is 5.73 Å². The van der Waals surface area contributed by atoms with Crippen LogP contribution < -0.4 is 5.73 Å². The molecule has 0 heterocycles. The van der Waals surface area contributed by atoms with E-state index in [1.165, 1.54) is 6.92 Å². The predicted octanol–water partition coefficient (Wildman–Crippen LogP) is 1.67. The molecule has 0 aliphatic heterocycles. The number of carbonyl (C=O) groups is 1. The van der Waals surface area contributed by atoms with Gasteiger partial charge in [0.1, 0.15) is 0 Å². The van der Waals surface area contributed by atoms with Crippen LogP contribution in [0.1, 0.15) is 20.8 Å². The summed E-state index contributed by atoms with van der Waals surface area (Å²) >= 11 is 0. The molecule has 0 saturated heterocycles. The summed E-state index contributed by atoms with van der Waals surface area (Å²) in [6.07, 6.45) is 1.03. The van der Waals surface area contributed by atoms with E-state index in [2.05, 4.69) is 4.40 Å². The number of carbonyl (C=O) groups excluding carboxylic acids is 1. The average molecular weight is 310 g/mol. The second kappa shape index (κ2) is 5.04. The molecule has 0 atom stereocenters. The number of allylic oxidation sites excluding steroid dienone is 3. The molecule has 1 rings (SSSR count). The third kappa shape index (κ3) is 2.92. The van der Waals surface area contributed by atoms with Gasteiger partial charge in [0.05, 0.1) is 11.4 Å². The van der Waals surface area contributed by atoms with Crippen molar-refractivity contribution < 1.29 is 26.4 Å². The van der Waals surface area contributed by atoms with Crippen molar-refractivity contribution in [3.05, 3.63) is 22.9 Å². The highest BCUT2D eigenvalue weighted by atomic mass is 32.2. The van der Waals surface area contributed by atoms with E-state index >= 15 is 0 Å². The van der Waals surface area contributed by atoms with Crippen molar-refractivity contribution in [2.75, 3.05) is 0 Å². The molecule has 9 heteroatoms. The summed E-state index contributed by atoms with van der Waals surface area (Å²) in [4.78, 5) is 11.8. The van der Waals surface area contributed by atoms with Crippen molar-refractivity contribution in [3.8, 4) is 0 Å². The minimum atomic E-state index is -5.68. The molecule has 0 spiro atoms. The van der Waals surface area contributed by atoms with E-state index in [9.17, 15) is 26.4 Å². The second-order valence-electron chi connectivity index (χ2n) is 4.52. The van der Waals surface area contributed by atoms with Crippen molar-refractivity contribution >= 4 is 21.5 Å².